The number of piperidine rings is 1. The third-order valence-corrected chi connectivity index (χ3v) is 7.66. The highest BCUT2D eigenvalue weighted by Gasteiger charge is 2.27. The van der Waals surface area contributed by atoms with Gasteiger partial charge in [-0.15, -0.1) is 11.3 Å². The van der Waals surface area contributed by atoms with Crippen molar-refractivity contribution >= 4 is 23.2 Å². The van der Waals surface area contributed by atoms with Crippen LogP contribution in [0.5, 0.6) is 5.75 Å². The van der Waals surface area contributed by atoms with E-state index < -0.39 is 0 Å². The summed E-state index contributed by atoms with van der Waals surface area (Å²) in [5, 5.41) is 2.82. The van der Waals surface area contributed by atoms with Crippen LogP contribution in [0.4, 0.5) is 0 Å². The Labute approximate surface area is 216 Å². The first kappa shape index (κ1) is 25.5. The number of carbonyl (C=O) groups excluding carboxylic acids is 2. The Morgan fingerprint density at radius 3 is 2.56 bits per heavy atom. The minimum Gasteiger partial charge on any atom is -0.496 e. The standard InChI is InChI=1S/C29H31N3O3S/c1-21(19-24-11-7-8-12-26(24)35-3)31(2)29(34)25-20-36-28(30-25)23-15-17-32(18-16-23)27(33)14-13-22-9-5-4-6-10-22/h4-12,20-21,23H,15-19H2,1-3H3. The van der Waals surface area contributed by atoms with Crippen LogP contribution in [-0.4, -0.2) is 59.9 Å². The molecule has 1 aliphatic heterocycles. The van der Waals surface area contributed by atoms with E-state index in [0.29, 0.717) is 25.2 Å². The van der Waals surface area contributed by atoms with E-state index in [2.05, 4.69) is 11.8 Å². The average Bonchev–Trinajstić information content (AvgIpc) is 3.42. The third-order valence-electron chi connectivity index (χ3n) is 6.65. The van der Waals surface area contributed by atoms with Crippen LogP contribution < -0.4 is 4.74 Å². The maximum absolute atomic E-state index is 13.1. The number of amides is 2. The third kappa shape index (κ3) is 6.13. The predicted molar refractivity (Wildman–Crippen MR) is 142 cm³/mol. The molecule has 0 radical (unpaired) electrons. The molecule has 0 saturated carbocycles. The van der Waals surface area contributed by atoms with Gasteiger partial charge in [-0.05, 0) is 49.9 Å². The Morgan fingerprint density at radius 1 is 1.14 bits per heavy atom. The molecule has 0 aliphatic carbocycles. The molecule has 2 heterocycles. The molecule has 0 spiro atoms. The number of likely N-dealkylation sites (tertiary alicyclic amines) is 1. The molecule has 2 aromatic carbocycles. The number of hydrogen-bond acceptors (Lipinski definition) is 5. The number of carbonyl (C=O) groups is 2. The lowest BCUT2D eigenvalue weighted by atomic mass is 9.97. The summed E-state index contributed by atoms with van der Waals surface area (Å²) in [5.41, 5.74) is 2.39. The minimum atomic E-state index is -0.141. The molecular weight excluding hydrogens is 470 g/mol. The molecular formula is C29H31N3O3S. The molecule has 1 aromatic heterocycles. The largest absolute Gasteiger partial charge is 0.496 e. The van der Waals surface area contributed by atoms with Crippen molar-refractivity contribution in [3.8, 4) is 17.6 Å². The van der Waals surface area contributed by atoms with E-state index in [4.69, 9.17) is 9.72 Å². The lowest BCUT2D eigenvalue weighted by molar-refractivity contribution is -0.126. The van der Waals surface area contributed by atoms with Gasteiger partial charge in [0.05, 0.1) is 12.1 Å². The van der Waals surface area contributed by atoms with Gasteiger partial charge in [-0.2, -0.15) is 0 Å². The molecule has 4 rings (SSSR count). The molecule has 1 unspecified atom stereocenters. The monoisotopic (exact) mass is 501 g/mol. The Bertz CT molecular complexity index is 1250. The van der Waals surface area contributed by atoms with Crippen molar-refractivity contribution in [2.45, 2.75) is 38.1 Å². The molecule has 0 bridgehead atoms. The molecule has 1 saturated heterocycles. The summed E-state index contributed by atoms with van der Waals surface area (Å²) in [6, 6.07) is 17.4. The number of hydrogen-bond donors (Lipinski definition) is 0. The summed E-state index contributed by atoms with van der Waals surface area (Å²) in [5.74, 6) is 6.56. The van der Waals surface area contributed by atoms with E-state index in [1.807, 2.05) is 73.9 Å². The number of thiazole rings is 1. The lowest BCUT2D eigenvalue weighted by Crippen LogP contribution is -2.37. The van der Waals surface area contributed by atoms with Crippen molar-refractivity contribution in [2.75, 3.05) is 27.2 Å². The van der Waals surface area contributed by atoms with Crippen LogP contribution in [0.25, 0.3) is 0 Å². The zero-order valence-electron chi connectivity index (χ0n) is 20.9. The fourth-order valence-electron chi connectivity index (χ4n) is 4.34. The van der Waals surface area contributed by atoms with Gasteiger partial charge in [0.1, 0.15) is 11.4 Å². The molecule has 1 aliphatic rings. The first-order valence-electron chi connectivity index (χ1n) is 12.2. The van der Waals surface area contributed by atoms with Crippen LogP contribution >= 0.6 is 11.3 Å². The topological polar surface area (TPSA) is 62.7 Å². The van der Waals surface area contributed by atoms with Crippen molar-refractivity contribution in [1.82, 2.24) is 14.8 Å². The molecule has 3 aromatic rings. The molecule has 1 atom stereocenters. The summed E-state index contributed by atoms with van der Waals surface area (Å²) in [7, 11) is 3.48. The number of likely N-dealkylation sites (N-methyl/N-ethyl adjacent to an activating group) is 1. The van der Waals surface area contributed by atoms with Gasteiger partial charge in [0, 0.05) is 49.0 Å². The molecule has 2 amide bonds. The molecule has 1 fully saturated rings. The summed E-state index contributed by atoms with van der Waals surface area (Å²) in [4.78, 5) is 33.9. The lowest BCUT2D eigenvalue weighted by Gasteiger charge is -2.29. The van der Waals surface area contributed by atoms with Gasteiger partial charge in [-0.3, -0.25) is 9.59 Å². The smallest absolute Gasteiger partial charge is 0.298 e. The Balaban J connectivity index is 1.32. The highest BCUT2D eigenvalue weighted by atomic mass is 32.1. The number of rotatable bonds is 6. The van der Waals surface area contributed by atoms with Crippen LogP contribution in [-0.2, 0) is 11.2 Å². The molecule has 6 nitrogen and oxygen atoms in total. The average molecular weight is 502 g/mol. The number of nitrogens with zero attached hydrogens (tertiary/aromatic N) is 3. The normalized spacial score (nSPS) is 14.5. The first-order valence-corrected chi connectivity index (χ1v) is 13.0. The Hall–Kier alpha value is -3.63. The quantitative estimate of drug-likeness (QED) is 0.463. The van der Waals surface area contributed by atoms with Crippen molar-refractivity contribution in [1.29, 1.82) is 0 Å². The van der Waals surface area contributed by atoms with Crippen LogP contribution in [0.15, 0.2) is 60.0 Å². The number of aromatic nitrogens is 1. The second kappa shape index (κ2) is 11.9. The number of benzene rings is 2. The first-order chi connectivity index (χ1) is 17.5. The van der Waals surface area contributed by atoms with Gasteiger partial charge in [0.15, 0.2) is 0 Å². The van der Waals surface area contributed by atoms with E-state index in [1.54, 1.807) is 16.9 Å². The second-order valence-electron chi connectivity index (χ2n) is 9.03. The zero-order valence-corrected chi connectivity index (χ0v) is 21.8. The Morgan fingerprint density at radius 2 is 1.83 bits per heavy atom. The van der Waals surface area contributed by atoms with Crippen molar-refractivity contribution < 1.29 is 14.3 Å². The van der Waals surface area contributed by atoms with Gasteiger partial charge in [0.2, 0.25) is 0 Å². The summed E-state index contributed by atoms with van der Waals surface area (Å²) >= 11 is 1.53. The Kier molecular flexibility index (Phi) is 8.40. The molecule has 36 heavy (non-hydrogen) atoms. The zero-order chi connectivity index (χ0) is 25.5. The van der Waals surface area contributed by atoms with Crippen LogP contribution in [0.2, 0.25) is 0 Å². The van der Waals surface area contributed by atoms with Crippen LogP contribution in [0.3, 0.4) is 0 Å². The van der Waals surface area contributed by atoms with E-state index in [9.17, 15) is 9.59 Å². The van der Waals surface area contributed by atoms with Gasteiger partial charge >= 0.3 is 0 Å². The highest BCUT2D eigenvalue weighted by Crippen LogP contribution is 2.31. The van der Waals surface area contributed by atoms with E-state index in [1.165, 1.54) is 11.3 Å². The SMILES string of the molecule is COc1ccccc1CC(C)N(C)C(=O)c1csc(C2CCN(C(=O)C#Cc3ccccc3)CC2)n1. The summed E-state index contributed by atoms with van der Waals surface area (Å²) in [6.45, 7) is 3.32. The fourth-order valence-corrected chi connectivity index (χ4v) is 5.30. The summed E-state index contributed by atoms with van der Waals surface area (Å²) < 4.78 is 5.45. The maximum atomic E-state index is 13.1. The number of para-hydroxylation sites is 1. The van der Waals surface area contributed by atoms with E-state index in [0.717, 1.165) is 34.7 Å². The highest BCUT2D eigenvalue weighted by molar-refractivity contribution is 7.09. The van der Waals surface area contributed by atoms with Crippen LogP contribution in [0, 0.1) is 11.8 Å². The van der Waals surface area contributed by atoms with Crippen LogP contribution in [0.1, 0.15) is 52.3 Å². The van der Waals surface area contributed by atoms with E-state index >= 15 is 0 Å². The van der Waals surface area contributed by atoms with Crippen molar-refractivity contribution in [3.63, 3.8) is 0 Å². The van der Waals surface area contributed by atoms with E-state index in [-0.39, 0.29) is 23.8 Å². The van der Waals surface area contributed by atoms with Crippen molar-refractivity contribution in [2.24, 2.45) is 0 Å². The second-order valence-corrected chi connectivity index (χ2v) is 9.92. The molecule has 186 valence electrons. The molecule has 7 heteroatoms. The number of ether oxygens (including phenoxy) is 1. The van der Waals surface area contributed by atoms with Gasteiger partial charge in [0.25, 0.3) is 11.8 Å². The van der Waals surface area contributed by atoms with Gasteiger partial charge in [-0.25, -0.2) is 4.98 Å². The summed E-state index contributed by atoms with van der Waals surface area (Å²) in [6.07, 6.45) is 2.34. The van der Waals surface area contributed by atoms with Gasteiger partial charge in [-0.1, -0.05) is 42.3 Å². The fraction of sp³-hybridized carbons (Fsp3) is 0.345. The predicted octanol–water partition coefficient (Wildman–Crippen LogP) is 4.61. The van der Waals surface area contributed by atoms with Gasteiger partial charge < -0.3 is 14.5 Å². The number of methoxy groups -OCH3 is 1. The minimum absolute atomic E-state index is 0.00908. The maximum Gasteiger partial charge on any atom is 0.298 e. The van der Waals surface area contributed by atoms with Crippen molar-refractivity contribution in [3.05, 3.63) is 81.8 Å². The molecule has 0 N–H and O–H groups in total.